The number of sulfone groups is 1. The molecule has 1 amide bonds. The van der Waals surface area contributed by atoms with E-state index >= 15 is 0 Å². The van der Waals surface area contributed by atoms with Crippen LogP contribution >= 0.6 is 0 Å². The third kappa shape index (κ3) is 3.42. The number of rotatable bonds is 3. The normalized spacial score (nSPS) is 20.8. The van der Waals surface area contributed by atoms with Crippen LogP contribution in [0.3, 0.4) is 0 Å². The van der Waals surface area contributed by atoms with E-state index in [1.807, 2.05) is 4.90 Å². The molecular formula is C17H22FNO3S. The summed E-state index contributed by atoms with van der Waals surface area (Å²) in [6.45, 7) is 1.00. The zero-order valence-electron chi connectivity index (χ0n) is 13.1. The second kappa shape index (κ2) is 6.59. The number of hydrogen-bond donors (Lipinski definition) is 0. The molecule has 4 nitrogen and oxygen atoms in total. The minimum atomic E-state index is -3.45. The lowest BCUT2D eigenvalue weighted by molar-refractivity contribution is -0.136. The molecule has 2 fully saturated rings. The largest absolute Gasteiger partial charge is 0.342 e. The molecule has 3 rings (SSSR count). The van der Waals surface area contributed by atoms with Gasteiger partial charge in [0.1, 0.15) is 5.82 Å². The Hall–Kier alpha value is -1.43. The molecule has 2 aliphatic rings. The van der Waals surface area contributed by atoms with Crippen LogP contribution in [0.15, 0.2) is 29.2 Å². The molecule has 1 heterocycles. The van der Waals surface area contributed by atoms with Crippen LogP contribution in [0.25, 0.3) is 0 Å². The number of carbonyl (C=O) groups excluding carboxylic acids is 1. The van der Waals surface area contributed by atoms with Gasteiger partial charge in [0, 0.05) is 19.0 Å². The van der Waals surface area contributed by atoms with Gasteiger partial charge in [-0.05, 0) is 49.9 Å². The Morgan fingerprint density at radius 2 is 1.57 bits per heavy atom. The van der Waals surface area contributed by atoms with Crippen molar-refractivity contribution in [2.75, 3.05) is 13.1 Å². The summed E-state index contributed by atoms with van der Waals surface area (Å²) in [5.41, 5.74) is 0. The molecular weight excluding hydrogens is 317 g/mol. The number of benzene rings is 1. The van der Waals surface area contributed by atoms with Crippen LogP contribution in [0.5, 0.6) is 0 Å². The Labute approximate surface area is 136 Å². The van der Waals surface area contributed by atoms with Gasteiger partial charge in [0.2, 0.25) is 5.91 Å². The summed E-state index contributed by atoms with van der Waals surface area (Å²) in [4.78, 5) is 14.4. The predicted molar refractivity (Wildman–Crippen MR) is 85.1 cm³/mol. The fraction of sp³-hybridized carbons (Fsp3) is 0.588. The second-order valence-corrected chi connectivity index (χ2v) is 8.73. The predicted octanol–water partition coefficient (Wildman–Crippen LogP) is 2.78. The molecule has 1 aliphatic heterocycles. The van der Waals surface area contributed by atoms with Crippen molar-refractivity contribution in [2.45, 2.75) is 48.7 Å². The molecule has 0 aromatic heterocycles. The standard InChI is InChI=1S/C17H22FNO3S/c18-14-5-7-15(8-6-14)23(21,22)16-9-11-19(12-10-16)17(20)13-3-1-2-4-13/h5-8,13,16H,1-4,9-12H2. The Balaban J connectivity index is 1.64. The van der Waals surface area contributed by atoms with Gasteiger partial charge in [-0.1, -0.05) is 12.8 Å². The number of halogens is 1. The highest BCUT2D eigenvalue weighted by Gasteiger charge is 2.35. The number of piperidine rings is 1. The molecule has 1 aliphatic carbocycles. The first-order valence-electron chi connectivity index (χ1n) is 8.27. The van der Waals surface area contributed by atoms with E-state index in [1.165, 1.54) is 24.3 Å². The SMILES string of the molecule is O=C(C1CCCC1)N1CCC(S(=O)(=O)c2ccc(F)cc2)CC1. The zero-order valence-corrected chi connectivity index (χ0v) is 13.9. The van der Waals surface area contributed by atoms with E-state index in [-0.39, 0.29) is 16.7 Å². The van der Waals surface area contributed by atoms with Gasteiger partial charge in [0.05, 0.1) is 10.1 Å². The van der Waals surface area contributed by atoms with E-state index in [0.717, 1.165) is 25.7 Å². The number of carbonyl (C=O) groups is 1. The summed E-state index contributed by atoms with van der Waals surface area (Å²) in [7, 11) is -3.45. The average Bonchev–Trinajstić information content (AvgIpc) is 3.09. The maximum absolute atomic E-state index is 13.0. The van der Waals surface area contributed by atoms with E-state index in [2.05, 4.69) is 0 Å². The van der Waals surface area contributed by atoms with Gasteiger partial charge in [-0.3, -0.25) is 4.79 Å². The van der Waals surface area contributed by atoms with E-state index in [0.29, 0.717) is 25.9 Å². The number of likely N-dealkylation sites (tertiary alicyclic amines) is 1. The number of hydrogen-bond acceptors (Lipinski definition) is 3. The van der Waals surface area contributed by atoms with Crippen molar-refractivity contribution in [1.82, 2.24) is 4.90 Å². The van der Waals surface area contributed by atoms with Gasteiger partial charge in [0.25, 0.3) is 0 Å². The third-order valence-corrected chi connectivity index (χ3v) is 7.32. The molecule has 1 aromatic rings. The quantitative estimate of drug-likeness (QED) is 0.796. The zero-order chi connectivity index (χ0) is 16.4. The fourth-order valence-electron chi connectivity index (χ4n) is 3.63. The maximum atomic E-state index is 13.0. The van der Waals surface area contributed by atoms with E-state index < -0.39 is 20.9 Å². The van der Waals surface area contributed by atoms with Crippen molar-refractivity contribution in [3.05, 3.63) is 30.1 Å². The number of nitrogens with zero attached hydrogens (tertiary/aromatic N) is 1. The molecule has 0 radical (unpaired) electrons. The van der Waals surface area contributed by atoms with Gasteiger partial charge >= 0.3 is 0 Å². The molecule has 0 bridgehead atoms. The van der Waals surface area contributed by atoms with Crippen molar-refractivity contribution in [3.63, 3.8) is 0 Å². The maximum Gasteiger partial charge on any atom is 0.225 e. The smallest absolute Gasteiger partial charge is 0.225 e. The first-order chi connectivity index (χ1) is 11.0. The van der Waals surface area contributed by atoms with Gasteiger partial charge in [-0.2, -0.15) is 0 Å². The van der Waals surface area contributed by atoms with Crippen LogP contribution in [0.1, 0.15) is 38.5 Å². The highest BCUT2D eigenvalue weighted by molar-refractivity contribution is 7.92. The molecule has 1 saturated carbocycles. The lowest BCUT2D eigenvalue weighted by Gasteiger charge is -2.33. The summed E-state index contributed by atoms with van der Waals surface area (Å²) in [6.07, 6.45) is 5.08. The molecule has 126 valence electrons. The summed E-state index contributed by atoms with van der Waals surface area (Å²) in [5, 5.41) is -0.486. The van der Waals surface area contributed by atoms with Gasteiger partial charge in [-0.25, -0.2) is 12.8 Å². The molecule has 0 spiro atoms. The van der Waals surface area contributed by atoms with Crippen LogP contribution in [0, 0.1) is 11.7 Å². The van der Waals surface area contributed by atoms with Crippen LogP contribution in [-0.4, -0.2) is 37.6 Å². The van der Waals surface area contributed by atoms with Crippen molar-refractivity contribution < 1.29 is 17.6 Å². The summed E-state index contributed by atoms with van der Waals surface area (Å²) >= 11 is 0. The topological polar surface area (TPSA) is 54.5 Å². The molecule has 1 saturated heterocycles. The first kappa shape index (κ1) is 16.4. The van der Waals surface area contributed by atoms with Gasteiger partial charge in [-0.15, -0.1) is 0 Å². The van der Waals surface area contributed by atoms with Crippen LogP contribution in [0.4, 0.5) is 4.39 Å². The lowest BCUT2D eigenvalue weighted by Crippen LogP contribution is -2.44. The Morgan fingerprint density at radius 3 is 2.13 bits per heavy atom. The third-order valence-electron chi connectivity index (χ3n) is 5.04. The molecule has 23 heavy (non-hydrogen) atoms. The lowest BCUT2D eigenvalue weighted by atomic mass is 10.0. The summed E-state index contributed by atoms with van der Waals surface area (Å²) in [6, 6.07) is 4.98. The minimum Gasteiger partial charge on any atom is -0.342 e. The van der Waals surface area contributed by atoms with Gasteiger partial charge in [0.15, 0.2) is 9.84 Å². The highest BCUT2D eigenvalue weighted by Crippen LogP contribution is 2.29. The second-order valence-electron chi connectivity index (χ2n) is 6.50. The Morgan fingerprint density at radius 1 is 1.00 bits per heavy atom. The molecule has 6 heteroatoms. The Bertz CT molecular complexity index is 658. The summed E-state index contributed by atoms with van der Waals surface area (Å²) in [5.74, 6) is -0.110. The average molecular weight is 339 g/mol. The van der Waals surface area contributed by atoms with E-state index in [1.54, 1.807) is 0 Å². The Kier molecular flexibility index (Phi) is 4.71. The van der Waals surface area contributed by atoms with E-state index in [4.69, 9.17) is 0 Å². The minimum absolute atomic E-state index is 0.139. The molecule has 1 aromatic carbocycles. The van der Waals surface area contributed by atoms with Crippen LogP contribution in [0.2, 0.25) is 0 Å². The van der Waals surface area contributed by atoms with Crippen molar-refractivity contribution in [2.24, 2.45) is 5.92 Å². The van der Waals surface area contributed by atoms with Crippen LogP contribution in [-0.2, 0) is 14.6 Å². The van der Waals surface area contributed by atoms with Crippen molar-refractivity contribution in [1.29, 1.82) is 0 Å². The fourth-order valence-corrected chi connectivity index (χ4v) is 5.37. The van der Waals surface area contributed by atoms with Crippen molar-refractivity contribution in [3.8, 4) is 0 Å². The highest BCUT2D eigenvalue weighted by atomic mass is 32.2. The summed E-state index contributed by atoms with van der Waals surface area (Å²) < 4.78 is 38.2. The number of amides is 1. The van der Waals surface area contributed by atoms with Gasteiger partial charge < -0.3 is 4.90 Å². The monoisotopic (exact) mass is 339 g/mol. The van der Waals surface area contributed by atoms with Crippen LogP contribution < -0.4 is 0 Å². The van der Waals surface area contributed by atoms with E-state index in [9.17, 15) is 17.6 Å². The molecule has 0 unspecified atom stereocenters. The van der Waals surface area contributed by atoms with Crippen molar-refractivity contribution >= 4 is 15.7 Å². The molecule has 0 atom stereocenters. The molecule has 0 N–H and O–H groups in total. The first-order valence-corrected chi connectivity index (χ1v) is 9.81.